The van der Waals surface area contributed by atoms with Crippen molar-refractivity contribution in [1.29, 1.82) is 0 Å². The van der Waals surface area contributed by atoms with E-state index >= 15 is 0 Å². The van der Waals surface area contributed by atoms with Crippen molar-refractivity contribution in [2.75, 3.05) is 0 Å². The second-order valence-electron chi connectivity index (χ2n) is 6.33. The summed E-state index contributed by atoms with van der Waals surface area (Å²) in [5.41, 5.74) is 0.853. The van der Waals surface area contributed by atoms with E-state index in [9.17, 15) is 4.79 Å². The van der Waals surface area contributed by atoms with Gasteiger partial charge in [0.1, 0.15) is 5.60 Å². The second-order valence-corrected chi connectivity index (χ2v) is 6.33. The minimum atomic E-state index is -0.246. The maximum Gasteiger partial charge on any atom is 0.333 e. The molecule has 2 aliphatic carbocycles. The Morgan fingerprint density at radius 3 is 2.06 bits per heavy atom. The first-order chi connectivity index (χ1) is 7.95. The molecule has 0 amide bonds. The maximum absolute atomic E-state index is 11.6. The highest BCUT2D eigenvalue weighted by Crippen LogP contribution is 2.51. The monoisotopic (exact) mass is 236 g/mol. The van der Waals surface area contributed by atoms with Crippen molar-refractivity contribution in [2.45, 2.75) is 70.8 Å². The molecule has 0 aliphatic heterocycles. The fourth-order valence-corrected chi connectivity index (χ4v) is 3.35. The third-order valence-electron chi connectivity index (χ3n) is 4.72. The summed E-state index contributed by atoms with van der Waals surface area (Å²) in [4.78, 5) is 11.6. The SMILES string of the molecule is C=C(C)C(=O)OC1(C)CCC2(CCCC2)CC1. The Balaban J connectivity index is 1.92. The predicted octanol–water partition coefficient (Wildman–Crippen LogP) is 4.00. The Morgan fingerprint density at radius 2 is 1.59 bits per heavy atom. The molecule has 2 saturated carbocycles. The lowest BCUT2D eigenvalue weighted by molar-refractivity contribution is -0.158. The average Bonchev–Trinajstić information content (AvgIpc) is 2.72. The van der Waals surface area contributed by atoms with Gasteiger partial charge in [-0.15, -0.1) is 0 Å². The van der Waals surface area contributed by atoms with Gasteiger partial charge in [-0.1, -0.05) is 19.4 Å². The van der Waals surface area contributed by atoms with Gasteiger partial charge in [0, 0.05) is 5.57 Å². The van der Waals surface area contributed by atoms with E-state index in [0.717, 1.165) is 12.8 Å². The summed E-state index contributed by atoms with van der Waals surface area (Å²) in [7, 11) is 0. The third kappa shape index (κ3) is 2.72. The zero-order valence-electron chi connectivity index (χ0n) is 11.2. The molecule has 1 spiro atoms. The minimum absolute atomic E-state index is 0.227. The van der Waals surface area contributed by atoms with Crippen LogP contribution in [0.15, 0.2) is 12.2 Å². The topological polar surface area (TPSA) is 26.3 Å². The van der Waals surface area contributed by atoms with E-state index in [2.05, 4.69) is 13.5 Å². The Kier molecular flexibility index (Phi) is 3.33. The largest absolute Gasteiger partial charge is 0.456 e. The van der Waals surface area contributed by atoms with Crippen LogP contribution < -0.4 is 0 Å². The van der Waals surface area contributed by atoms with Gasteiger partial charge in [-0.05, 0) is 57.8 Å². The van der Waals surface area contributed by atoms with Crippen molar-refractivity contribution in [1.82, 2.24) is 0 Å². The van der Waals surface area contributed by atoms with Gasteiger partial charge in [-0.2, -0.15) is 0 Å². The van der Waals surface area contributed by atoms with Crippen LogP contribution in [0.3, 0.4) is 0 Å². The molecule has 0 unspecified atom stereocenters. The number of hydrogen-bond donors (Lipinski definition) is 0. The van der Waals surface area contributed by atoms with Crippen molar-refractivity contribution in [3.8, 4) is 0 Å². The summed E-state index contributed by atoms with van der Waals surface area (Å²) in [6, 6.07) is 0. The highest BCUT2D eigenvalue weighted by molar-refractivity contribution is 5.87. The number of rotatable bonds is 2. The van der Waals surface area contributed by atoms with Gasteiger partial charge in [-0.25, -0.2) is 4.79 Å². The highest BCUT2D eigenvalue weighted by Gasteiger charge is 2.43. The molecule has 0 aromatic heterocycles. The van der Waals surface area contributed by atoms with Crippen molar-refractivity contribution in [3.05, 3.63) is 12.2 Å². The van der Waals surface area contributed by atoms with Crippen molar-refractivity contribution >= 4 is 5.97 Å². The van der Waals surface area contributed by atoms with Crippen LogP contribution in [0.5, 0.6) is 0 Å². The Labute approximate surface area is 104 Å². The number of hydrogen-bond acceptors (Lipinski definition) is 2. The van der Waals surface area contributed by atoms with Crippen LogP contribution in [0.4, 0.5) is 0 Å². The molecular weight excluding hydrogens is 212 g/mol. The highest BCUT2D eigenvalue weighted by atomic mass is 16.6. The molecule has 2 nitrogen and oxygen atoms in total. The number of esters is 1. The van der Waals surface area contributed by atoms with Gasteiger partial charge in [0.05, 0.1) is 0 Å². The molecule has 0 bridgehead atoms. The van der Waals surface area contributed by atoms with E-state index in [-0.39, 0.29) is 11.6 Å². The van der Waals surface area contributed by atoms with E-state index in [1.54, 1.807) is 6.92 Å². The third-order valence-corrected chi connectivity index (χ3v) is 4.72. The van der Waals surface area contributed by atoms with Crippen molar-refractivity contribution in [2.24, 2.45) is 5.41 Å². The van der Waals surface area contributed by atoms with Crippen LogP contribution in [0.1, 0.15) is 65.2 Å². The molecule has 0 aromatic rings. The zero-order chi connectivity index (χ0) is 12.5. The minimum Gasteiger partial charge on any atom is -0.456 e. The molecule has 0 radical (unpaired) electrons. The number of carbonyl (C=O) groups excluding carboxylic acids is 1. The molecule has 0 heterocycles. The fourth-order valence-electron chi connectivity index (χ4n) is 3.35. The molecule has 0 N–H and O–H groups in total. The normalized spacial score (nSPS) is 25.8. The van der Waals surface area contributed by atoms with Crippen LogP contribution in [-0.4, -0.2) is 11.6 Å². The fraction of sp³-hybridized carbons (Fsp3) is 0.800. The number of carbonyl (C=O) groups is 1. The zero-order valence-corrected chi connectivity index (χ0v) is 11.2. The van der Waals surface area contributed by atoms with Gasteiger partial charge < -0.3 is 4.74 Å². The van der Waals surface area contributed by atoms with E-state index in [0.29, 0.717) is 11.0 Å². The first-order valence-corrected chi connectivity index (χ1v) is 6.84. The Morgan fingerprint density at radius 1 is 1.06 bits per heavy atom. The molecule has 2 aliphatic rings. The molecule has 0 saturated heterocycles. The quantitative estimate of drug-likeness (QED) is 0.535. The van der Waals surface area contributed by atoms with Gasteiger partial charge in [0.2, 0.25) is 0 Å². The van der Waals surface area contributed by atoms with E-state index < -0.39 is 0 Å². The summed E-state index contributed by atoms with van der Waals surface area (Å²) in [6.45, 7) is 7.44. The Bertz CT molecular complexity index is 314. The molecule has 0 aromatic carbocycles. The predicted molar refractivity (Wildman–Crippen MR) is 68.7 cm³/mol. The van der Waals surface area contributed by atoms with Crippen molar-refractivity contribution < 1.29 is 9.53 Å². The number of ether oxygens (including phenoxy) is 1. The molecule has 2 heteroatoms. The Hall–Kier alpha value is -0.790. The van der Waals surface area contributed by atoms with Crippen LogP contribution in [0, 0.1) is 5.41 Å². The van der Waals surface area contributed by atoms with Gasteiger partial charge >= 0.3 is 5.97 Å². The summed E-state index contributed by atoms with van der Waals surface area (Å²) in [5, 5.41) is 0. The van der Waals surface area contributed by atoms with Crippen molar-refractivity contribution in [3.63, 3.8) is 0 Å². The second kappa shape index (κ2) is 4.47. The van der Waals surface area contributed by atoms with Crippen LogP contribution in [-0.2, 0) is 9.53 Å². The van der Waals surface area contributed by atoms with E-state index in [1.807, 2.05) is 0 Å². The first kappa shape index (κ1) is 12.7. The van der Waals surface area contributed by atoms with Gasteiger partial charge in [-0.3, -0.25) is 0 Å². The van der Waals surface area contributed by atoms with Gasteiger partial charge in [0.15, 0.2) is 0 Å². The maximum atomic E-state index is 11.6. The van der Waals surface area contributed by atoms with Crippen LogP contribution in [0.2, 0.25) is 0 Å². The van der Waals surface area contributed by atoms with Crippen LogP contribution in [0.25, 0.3) is 0 Å². The lowest BCUT2D eigenvalue weighted by Crippen LogP contribution is -2.39. The smallest absolute Gasteiger partial charge is 0.333 e. The standard InChI is InChI=1S/C15H24O2/c1-12(2)13(16)17-14(3)8-10-15(11-9-14)6-4-5-7-15/h1,4-11H2,2-3H3. The molecular formula is C15H24O2. The summed E-state index contributed by atoms with van der Waals surface area (Å²) < 4.78 is 5.60. The summed E-state index contributed by atoms with van der Waals surface area (Å²) in [5.74, 6) is -0.227. The first-order valence-electron chi connectivity index (χ1n) is 6.84. The average molecular weight is 236 g/mol. The van der Waals surface area contributed by atoms with E-state index in [4.69, 9.17) is 4.74 Å². The summed E-state index contributed by atoms with van der Waals surface area (Å²) in [6.07, 6.45) is 10.1. The molecule has 96 valence electrons. The van der Waals surface area contributed by atoms with E-state index in [1.165, 1.54) is 38.5 Å². The lowest BCUT2D eigenvalue weighted by atomic mass is 9.68. The molecule has 2 fully saturated rings. The lowest BCUT2D eigenvalue weighted by Gasteiger charge is -2.42. The summed E-state index contributed by atoms with van der Waals surface area (Å²) >= 11 is 0. The molecule has 2 rings (SSSR count). The molecule has 0 atom stereocenters. The molecule has 17 heavy (non-hydrogen) atoms. The van der Waals surface area contributed by atoms with Gasteiger partial charge in [0.25, 0.3) is 0 Å². The van der Waals surface area contributed by atoms with Crippen LogP contribution >= 0.6 is 0 Å².